The fourth-order valence-corrected chi connectivity index (χ4v) is 3.10. The van der Waals surface area contributed by atoms with E-state index in [4.69, 9.17) is 4.98 Å². The van der Waals surface area contributed by atoms with Gasteiger partial charge >= 0.3 is 0 Å². The quantitative estimate of drug-likeness (QED) is 0.751. The molecule has 0 saturated carbocycles. The van der Waals surface area contributed by atoms with E-state index >= 15 is 0 Å². The number of aromatic nitrogens is 1. The van der Waals surface area contributed by atoms with Gasteiger partial charge < -0.3 is 5.32 Å². The lowest BCUT2D eigenvalue weighted by Gasteiger charge is -2.23. The summed E-state index contributed by atoms with van der Waals surface area (Å²) in [5, 5.41) is 5.54. The summed E-state index contributed by atoms with van der Waals surface area (Å²) in [5.74, 6) is 0. The van der Waals surface area contributed by atoms with Crippen molar-refractivity contribution in [1.82, 2.24) is 15.2 Å². The molecule has 0 aromatic carbocycles. The maximum Gasteiger partial charge on any atom is 0.0547 e. The van der Waals surface area contributed by atoms with E-state index in [9.17, 15) is 0 Å². The van der Waals surface area contributed by atoms with E-state index in [1.165, 1.54) is 4.88 Å². The van der Waals surface area contributed by atoms with E-state index in [0.717, 1.165) is 37.4 Å². The first-order valence-corrected chi connectivity index (χ1v) is 8.48. The minimum atomic E-state index is 0.425. The van der Waals surface area contributed by atoms with Crippen molar-refractivity contribution >= 4 is 11.3 Å². The molecule has 0 amide bonds. The lowest BCUT2D eigenvalue weighted by molar-refractivity contribution is 0.253. The van der Waals surface area contributed by atoms with Crippen LogP contribution in [0.15, 0.2) is 35.7 Å². The third-order valence-electron chi connectivity index (χ3n) is 3.62. The van der Waals surface area contributed by atoms with Crippen LogP contribution in [-0.2, 0) is 13.1 Å². The first-order chi connectivity index (χ1) is 10.2. The summed E-state index contributed by atoms with van der Waals surface area (Å²) in [6.07, 6.45) is 1.15. The second kappa shape index (κ2) is 8.27. The predicted octanol–water partition coefficient (Wildman–Crippen LogP) is 3.84. The number of pyridine rings is 1. The molecule has 2 heterocycles. The van der Waals surface area contributed by atoms with Crippen LogP contribution < -0.4 is 5.32 Å². The summed E-state index contributed by atoms with van der Waals surface area (Å²) in [6.45, 7) is 7.20. The Kier molecular flexibility index (Phi) is 6.36. The zero-order chi connectivity index (χ0) is 15.1. The van der Waals surface area contributed by atoms with E-state index in [1.807, 2.05) is 11.3 Å². The number of rotatable bonds is 8. The van der Waals surface area contributed by atoms with Crippen molar-refractivity contribution in [2.75, 3.05) is 13.6 Å². The van der Waals surface area contributed by atoms with Gasteiger partial charge in [0.25, 0.3) is 0 Å². The second-order valence-electron chi connectivity index (χ2n) is 5.40. The monoisotopic (exact) mass is 303 g/mol. The molecule has 0 aliphatic heterocycles. The molecule has 4 heteroatoms. The van der Waals surface area contributed by atoms with Crippen molar-refractivity contribution in [1.29, 1.82) is 0 Å². The zero-order valence-electron chi connectivity index (χ0n) is 13.2. The van der Waals surface area contributed by atoms with Gasteiger partial charge in [0.05, 0.1) is 11.4 Å². The molecule has 21 heavy (non-hydrogen) atoms. The van der Waals surface area contributed by atoms with E-state index in [1.54, 1.807) is 0 Å². The lowest BCUT2D eigenvalue weighted by Crippen LogP contribution is -2.22. The van der Waals surface area contributed by atoms with E-state index in [2.05, 4.69) is 66.8 Å². The standard InChI is InChI=1S/C17H25N3S/c1-4-10-18-12-15-7-5-8-16(19-15)13-20(3)14(2)17-9-6-11-21-17/h5-9,11,14,18H,4,10,12-13H2,1-3H3. The largest absolute Gasteiger partial charge is 0.311 e. The third kappa shape index (κ3) is 4.92. The average Bonchev–Trinajstić information content (AvgIpc) is 3.01. The Labute approximate surface area is 132 Å². The Hall–Kier alpha value is -1.23. The highest BCUT2D eigenvalue weighted by molar-refractivity contribution is 7.10. The average molecular weight is 303 g/mol. The fraction of sp³-hybridized carbons (Fsp3) is 0.471. The van der Waals surface area contributed by atoms with Crippen molar-refractivity contribution in [3.05, 3.63) is 52.0 Å². The molecule has 0 aliphatic rings. The second-order valence-corrected chi connectivity index (χ2v) is 6.38. The molecule has 2 rings (SSSR count). The van der Waals surface area contributed by atoms with Crippen LogP contribution in [0, 0.1) is 0 Å². The van der Waals surface area contributed by atoms with Crippen LogP contribution in [0.3, 0.4) is 0 Å². The van der Waals surface area contributed by atoms with Crippen molar-refractivity contribution in [2.24, 2.45) is 0 Å². The van der Waals surface area contributed by atoms with Crippen molar-refractivity contribution < 1.29 is 0 Å². The topological polar surface area (TPSA) is 28.2 Å². The summed E-state index contributed by atoms with van der Waals surface area (Å²) >= 11 is 1.81. The smallest absolute Gasteiger partial charge is 0.0547 e. The SMILES string of the molecule is CCCNCc1cccc(CN(C)C(C)c2cccs2)n1. The van der Waals surface area contributed by atoms with Gasteiger partial charge in [0, 0.05) is 24.0 Å². The Morgan fingerprint density at radius 3 is 2.76 bits per heavy atom. The zero-order valence-corrected chi connectivity index (χ0v) is 14.0. The van der Waals surface area contributed by atoms with Crippen LogP contribution in [0.5, 0.6) is 0 Å². The van der Waals surface area contributed by atoms with Gasteiger partial charge in [0.2, 0.25) is 0 Å². The lowest BCUT2D eigenvalue weighted by atomic mass is 10.2. The van der Waals surface area contributed by atoms with Gasteiger partial charge in [-0.3, -0.25) is 9.88 Å². The molecule has 0 saturated heterocycles. The molecule has 1 atom stereocenters. The van der Waals surface area contributed by atoms with Gasteiger partial charge in [-0.1, -0.05) is 19.1 Å². The highest BCUT2D eigenvalue weighted by Gasteiger charge is 2.13. The van der Waals surface area contributed by atoms with E-state index < -0.39 is 0 Å². The van der Waals surface area contributed by atoms with Crippen LogP contribution in [0.1, 0.15) is 42.6 Å². The summed E-state index contributed by atoms with van der Waals surface area (Å²) in [4.78, 5) is 8.49. The molecule has 1 N–H and O–H groups in total. The predicted molar refractivity (Wildman–Crippen MR) is 90.4 cm³/mol. The first-order valence-electron chi connectivity index (χ1n) is 7.60. The van der Waals surface area contributed by atoms with Crippen molar-refractivity contribution in [2.45, 2.75) is 39.4 Å². The molecular formula is C17H25N3S. The molecule has 1 unspecified atom stereocenters. The van der Waals surface area contributed by atoms with E-state index in [0.29, 0.717) is 6.04 Å². The van der Waals surface area contributed by atoms with Crippen LogP contribution in [0.25, 0.3) is 0 Å². The van der Waals surface area contributed by atoms with Gasteiger partial charge in [-0.25, -0.2) is 0 Å². The van der Waals surface area contributed by atoms with Gasteiger partial charge in [-0.15, -0.1) is 11.3 Å². The van der Waals surface area contributed by atoms with Crippen LogP contribution in [0.4, 0.5) is 0 Å². The maximum absolute atomic E-state index is 4.75. The summed E-state index contributed by atoms with van der Waals surface area (Å²) in [7, 11) is 2.16. The molecule has 2 aromatic heterocycles. The highest BCUT2D eigenvalue weighted by atomic mass is 32.1. The molecular weight excluding hydrogens is 278 g/mol. The molecule has 3 nitrogen and oxygen atoms in total. The minimum absolute atomic E-state index is 0.425. The number of nitrogens with zero attached hydrogens (tertiary/aromatic N) is 2. The Bertz CT molecular complexity index is 525. The number of thiophene rings is 1. The summed E-state index contributed by atoms with van der Waals surface area (Å²) < 4.78 is 0. The van der Waals surface area contributed by atoms with Crippen LogP contribution in [0.2, 0.25) is 0 Å². The molecule has 0 radical (unpaired) electrons. The van der Waals surface area contributed by atoms with Crippen molar-refractivity contribution in [3.63, 3.8) is 0 Å². The Morgan fingerprint density at radius 1 is 1.24 bits per heavy atom. The molecule has 0 fully saturated rings. The molecule has 0 aliphatic carbocycles. The normalized spacial score (nSPS) is 12.8. The highest BCUT2D eigenvalue weighted by Crippen LogP contribution is 2.24. The minimum Gasteiger partial charge on any atom is -0.311 e. The van der Waals surface area contributed by atoms with Gasteiger partial charge in [0.15, 0.2) is 0 Å². The Balaban J connectivity index is 1.94. The van der Waals surface area contributed by atoms with Crippen molar-refractivity contribution in [3.8, 4) is 0 Å². The molecule has 114 valence electrons. The molecule has 2 aromatic rings. The third-order valence-corrected chi connectivity index (χ3v) is 4.67. The summed E-state index contributed by atoms with van der Waals surface area (Å²) in [5.41, 5.74) is 2.26. The molecule has 0 bridgehead atoms. The van der Waals surface area contributed by atoms with Gasteiger partial charge in [-0.2, -0.15) is 0 Å². The van der Waals surface area contributed by atoms with Crippen LogP contribution >= 0.6 is 11.3 Å². The number of hydrogen-bond donors (Lipinski definition) is 1. The van der Waals surface area contributed by atoms with Crippen LogP contribution in [-0.4, -0.2) is 23.5 Å². The fourth-order valence-electron chi connectivity index (χ4n) is 2.25. The number of hydrogen-bond acceptors (Lipinski definition) is 4. The maximum atomic E-state index is 4.75. The first kappa shape index (κ1) is 16.1. The summed E-state index contributed by atoms with van der Waals surface area (Å²) in [6, 6.07) is 11.0. The Morgan fingerprint density at radius 2 is 2.05 bits per heavy atom. The molecule has 0 spiro atoms. The van der Waals surface area contributed by atoms with Gasteiger partial charge in [0.1, 0.15) is 0 Å². The van der Waals surface area contributed by atoms with E-state index in [-0.39, 0.29) is 0 Å². The number of nitrogens with one attached hydrogen (secondary N) is 1. The van der Waals surface area contributed by atoms with Gasteiger partial charge in [-0.05, 0) is 50.5 Å².